The molecule has 1 rings (SSSR count). The Bertz CT molecular complexity index is 260. The number of para-hydroxylation sites is 1. The van der Waals surface area contributed by atoms with E-state index in [0.717, 1.165) is 24.1 Å². The molecule has 0 amide bonds. The van der Waals surface area contributed by atoms with E-state index in [4.69, 9.17) is 17.2 Å². The van der Waals surface area contributed by atoms with E-state index in [9.17, 15) is 0 Å². The van der Waals surface area contributed by atoms with Crippen molar-refractivity contribution < 1.29 is 0 Å². The van der Waals surface area contributed by atoms with Gasteiger partial charge in [0.2, 0.25) is 0 Å². The van der Waals surface area contributed by atoms with E-state index in [1.54, 1.807) is 0 Å². The first-order chi connectivity index (χ1) is 6.25. The third kappa shape index (κ3) is 2.72. The molecule has 0 radical (unpaired) electrons. The average Bonchev–Trinajstić information content (AvgIpc) is 2.15. The van der Waals surface area contributed by atoms with Crippen molar-refractivity contribution in [2.75, 3.05) is 12.3 Å². The van der Waals surface area contributed by atoms with Crippen LogP contribution in [0.15, 0.2) is 24.3 Å². The van der Waals surface area contributed by atoms with Gasteiger partial charge in [0.15, 0.2) is 0 Å². The minimum absolute atomic E-state index is 0.0183. The fourth-order valence-corrected chi connectivity index (χ4v) is 1.34. The van der Waals surface area contributed by atoms with E-state index in [1.165, 1.54) is 0 Å². The van der Waals surface area contributed by atoms with E-state index in [0.29, 0.717) is 6.54 Å². The molecular formula is C10H17N3. The van der Waals surface area contributed by atoms with Gasteiger partial charge in [-0.2, -0.15) is 0 Å². The Morgan fingerprint density at radius 2 is 1.92 bits per heavy atom. The third-order valence-electron chi connectivity index (χ3n) is 2.11. The van der Waals surface area contributed by atoms with Crippen molar-refractivity contribution in [3.63, 3.8) is 0 Å². The van der Waals surface area contributed by atoms with E-state index in [1.807, 2.05) is 24.3 Å². The zero-order valence-corrected chi connectivity index (χ0v) is 7.74. The van der Waals surface area contributed by atoms with Crippen LogP contribution in [0.4, 0.5) is 5.69 Å². The Balaban J connectivity index is 2.65. The van der Waals surface area contributed by atoms with Crippen molar-refractivity contribution in [3.8, 4) is 0 Å². The van der Waals surface area contributed by atoms with E-state index >= 15 is 0 Å². The van der Waals surface area contributed by atoms with E-state index < -0.39 is 0 Å². The molecule has 0 fully saturated rings. The molecule has 3 nitrogen and oxygen atoms in total. The van der Waals surface area contributed by atoms with Crippen molar-refractivity contribution in [1.29, 1.82) is 0 Å². The molecule has 0 aliphatic carbocycles. The second-order valence-corrected chi connectivity index (χ2v) is 3.17. The molecule has 1 aromatic rings. The molecule has 0 heterocycles. The summed E-state index contributed by atoms with van der Waals surface area (Å²) in [5.41, 5.74) is 18.9. The number of rotatable bonds is 4. The molecule has 0 aliphatic rings. The van der Waals surface area contributed by atoms with Crippen molar-refractivity contribution in [1.82, 2.24) is 0 Å². The maximum Gasteiger partial charge on any atom is 0.0362 e. The molecule has 0 aromatic heterocycles. The lowest BCUT2D eigenvalue weighted by atomic mass is 10.0. The first-order valence-corrected chi connectivity index (χ1v) is 4.55. The Kier molecular flexibility index (Phi) is 3.73. The Hall–Kier alpha value is -1.06. The predicted octanol–water partition coefficient (Wildman–Crippen LogP) is 1.01. The van der Waals surface area contributed by atoms with Crippen LogP contribution in [0.1, 0.15) is 24.4 Å². The van der Waals surface area contributed by atoms with Gasteiger partial charge in [0, 0.05) is 11.7 Å². The van der Waals surface area contributed by atoms with Gasteiger partial charge in [0.1, 0.15) is 0 Å². The summed E-state index contributed by atoms with van der Waals surface area (Å²) < 4.78 is 0. The van der Waals surface area contributed by atoms with Gasteiger partial charge in [-0.25, -0.2) is 0 Å². The molecule has 6 N–H and O–H groups in total. The van der Waals surface area contributed by atoms with E-state index in [-0.39, 0.29) is 6.04 Å². The quantitative estimate of drug-likeness (QED) is 0.603. The fourth-order valence-electron chi connectivity index (χ4n) is 1.34. The number of nitrogen functional groups attached to an aromatic ring is 1. The molecule has 72 valence electrons. The summed E-state index contributed by atoms with van der Waals surface area (Å²) in [5, 5.41) is 0. The fraction of sp³-hybridized carbons (Fsp3) is 0.400. The second-order valence-electron chi connectivity index (χ2n) is 3.17. The molecule has 1 aromatic carbocycles. The lowest BCUT2D eigenvalue weighted by molar-refractivity contribution is 0.619. The van der Waals surface area contributed by atoms with Crippen molar-refractivity contribution >= 4 is 5.69 Å². The zero-order valence-electron chi connectivity index (χ0n) is 7.74. The normalized spacial score (nSPS) is 12.8. The van der Waals surface area contributed by atoms with Gasteiger partial charge in [0.25, 0.3) is 0 Å². The average molecular weight is 179 g/mol. The van der Waals surface area contributed by atoms with Crippen LogP contribution in [-0.2, 0) is 0 Å². The molecular weight excluding hydrogens is 162 g/mol. The largest absolute Gasteiger partial charge is 0.398 e. The smallest absolute Gasteiger partial charge is 0.0362 e. The van der Waals surface area contributed by atoms with Gasteiger partial charge in [-0.15, -0.1) is 0 Å². The Labute approximate surface area is 78.9 Å². The summed E-state index contributed by atoms with van der Waals surface area (Å²) in [6, 6.07) is 7.72. The molecule has 0 spiro atoms. The molecule has 0 saturated heterocycles. The Morgan fingerprint density at radius 3 is 2.54 bits per heavy atom. The van der Waals surface area contributed by atoms with Crippen molar-refractivity contribution in [2.45, 2.75) is 18.9 Å². The van der Waals surface area contributed by atoms with Crippen LogP contribution in [0.2, 0.25) is 0 Å². The number of nitrogens with two attached hydrogens (primary N) is 3. The van der Waals surface area contributed by atoms with Crippen molar-refractivity contribution in [3.05, 3.63) is 29.8 Å². The van der Waals surface area contributed by atoms with Gasteiger partial charge in [-0.3, -0.25) is 0 Å². The summed E-state index contributed by atoms with van der Waals surface area (Å²) in [6.07, 6.45) is 1.83. The maximum atomic E-state index is 5.95. The highest BCUT2D eigenvalue weighted by atomic mass is 14.7. The van der Waals surface area contributed by atoms with Crippen LogP contribution in [-0.4, -0.2) is 6.54 Å². The molecule has 1 atom stereocenters. The first-order valence-electron chi connectivity index (χ1n) is 4.55. The summed E-state index contributed by atoms with van der Waals surface area (Å²) in [5.74, 6) is 0. The van der Waals surface area contributed by atoms with E-state index in [2.05, 4.69) is 0 Å². The second kappa shape index (κ2) is 4.84. The van der Waals surface area contributed by atoms with Crippen LogP contribution in [0.5, 0.6) is 0 Å². The highest BCUT2D eigenvalue weighted by Gasteiger charge is 2.07. The summed E-state index contributed by atoms with van der Waals surface area (Å²) in [6.45, 7) is 0.681. The highest BCUT2D eigenvalue weighted by molar-refractivity contribution is 5.47. The minimum atomic E-state index is 0.0183. The molecule has 0 aliphatic heterocycles. The number of benzene rings is 1. The third-order valence-corrected chi connectivity index (χ3v) is 2.11. The van der Waals surface area contributed by atoms with Gasteiger partial charge in [-0.1, -0.05) is 18.2 Å². The van der Waals surface area contributed by atoms with Crippen LogP contribution in [0.3, 0.4) is 0 Å². The standard InChI is InChI=1S/C10H17N3/c11-7-3-6-10(13)8-4-1-2-5-9(8)12/h1-2,4-5,10H,3,6-7,11-13H2. The summed E-state index contributed by atoms with van der Waals surface area (Å²) in [7, 11) is 0. The van der Waals surface area contributed by atoms with Crippen LogP contribution in [0, 0.1) is 0 Å². The molecule has 3 heteroatoms. The lowest BCUT2D eigenvalue weighted by Gasteiger charge is -2.13. The van der Waals surface area contributed by atoms with Crippen molar-refractivity contribution in [2.24, 2.45) is 11.5 Å². The van der Waals surface area contributed by atoms with Crippen LogP contribution in [0.25, 0.3) is 0 Å². The van der Waals surface area contributed by atoms with Gasteiger partial charge < -0.3 is 17.2 Å². The van der Waals surface area contributed by atoms with Gasteiger partial charge in [-0.05, 0) is 31.0 Å². The monoisotopic (exact) mass is 179 g/mol. The lowest BCUT2D eigenvalue weighted by Crippen LogP contribution is -2.14. The Morgan fingerprint density at radius 1 is 1.23 bits per heavy atom. The van der Waals surface area contributed by atoms with Gasteiger partial charge >= 0.3 is 0 Å². The van der Waals surface area contributed by atoms with Gasteiger partial charge in [0.05, 0.1) is 0 Å². The molecule has 0 bridgehead atoms. The SMILES string of the molecule is NCCCC(N)c1ccccc1N. The molecule has 13 heavy (non-hydrogen) atoms. The van der Waals surface area contributed by atoms with Crippen LogP contribution < -0.4 is 17.2 Å². The number of hydrogen-bond acceptors (Lipinski definition) is 3. The predicted molar refractivity (Wildman–Crippen MR) is 56.1 cm³/mol. The first kappa shape index (κ1) is 10.0. The van der Waals surface area contributed by atoms with Crippen LogP contribution >= 0.6 is 0 Å². The summed E-state index contributed by atoms with van der Waals surface area (Å²) in [4.78, 5) is 0. The minimum Gasteiger partial charge on any atom is -0.398 e. The number of hydrogen-bond donors (Lipinski definition) is 3. The maximum absolute atomic E-state index is 5.95. The molecule has 0 saturated carbocycles. The summed E-state index contributed by atoms with van der Waals surface area (Å²) >= 11 is 0. The highest BCUT2D eigenvalue weighted by Crippen LogP contribution is 2.21. The topological polar surface area (TPSA) is 78.1 Å². The molecule has 1 unspecified atom stereocenters. The zero-order chi connectivity index (χ0) is 9.68. The number of anilines is 1.